The molecule has 2 nitrogen and oxygen atoms in total. The highest BCUT2D eigenvalue weighted by Gasteiger charge is 2.45. The van der Waals surface area contributed by atoms with Crippen molar-refractivity contribution in [2.75, 3.05) is 0 Å². The fraction of sp³-hybridized carbons (Fsp3) is 1.00. The van der Waals surface area contributed by atoms with E-state index in [0.29, 0.717) is 23.2 Å². The summed E-state index contributed by atoms with van der Waals surface area (Å²) >= 11 is 0. The number of nitrogens with two attached hydrogens (primary N) is 1. The average molecular weight is 237 g/mol. The van der Waals surface area contributed by atoms with Crippen LogP contribution in [0.3, 0.4) is 0 Å². The highest BCUT2D eigenvalue weighted by molar-refractivity contribution is 4.96. The van der Waals surface area contributed by atoms with Gasteiger partial charge in [-0.15, -0.1) is 0 Å². The van der Waals surface area contributed by atoms with Crippen LogP contribution in [0.1, 0.15) is 71.1 Å². The van der Waals surface area contributed by atoms with Gasteiger partial charge in [-0.05, 0) is 56.8 Å². The van der Waals surface area contributed by atoms with Crippen LogP contribution >= 0.6 is 0 Å². The molecule has 1 aliphatic heterocycles. The Balaban J connectivity index is 1.57. The van der Waals surface area contributed by atoms with E-state index in [9.17, 15) is 0 Å². The average Bonchev–Trinajstić information content (AvgIpc) is 2.94. The quantitative estimate of drug-likeness (QED) is 0.799. The van der Waals surface area contributed by atoms with Crippen LogP contribution < -0.4 is 5.73 Å². The molecule has 3 fully saturated rings. The van der Waals surface area contributed by atoms with Crippen LogP contribution in [0.15, 0.2) is 0 Å². The maximum absolute atomic E-state index is 6.43. The first-order valence-corrected chi connectivity index (χ1v) is 7.53. The molecule has 0 aromatic carbocycles. The standard InChI is InChI=1S/C15H27NO/c1-14(8-4-12(16)10-14)11-13-5-9-15(17-13)6-2-3-7-15/h12-13H,2-11,16H2,1H3. The van der Waals surface area contributed by atoms with E-state index in [1.54, 1.807) is 0 Å². The first kappa shape index (κ1) is 12.0. The molecule has 3 atom stereocenters. The van der Waals surface area contributed by atoms with E-state index < -0.39 is 0 Å². The van der Waals surface area contributed by atoms with Crippen molar-refractivity contribution in [3.63, 3.8) is 0 Å². The Bertz CT molecular complexity index is 285. The fourth-order valence-electron chi connectivity index (χ4n) is 4.53. The third-order valence-electron chi connectivity index (χ3n) is 5.45. The van der Waals surface area contributed by atoms with Gasteiger partial charge < -0.3 is 10.5 Å². The number of rotatable bonds is 2. The van der Waals surface area contributed by atoms with Crippen LogP contribution in [0.5, 0.6) is 0 Å². The molecule has 2 N–H and O–H groups in total. The lowest BCUT2D eigenvalue weighted by Crippen LogP contribution is -2.28. The monoisotopic (exact) mass is 237 g/mol. The zero-order valence-electron chi connectivity index (χ0n) is 11.2. The van der Waals surface area contributed by atoms with Crippen LogP contribution in [0.2, 0.25) is 0 Å². The van der Waals surface area contributed by atoms with E-state index >= 15 is 0 Å². The lowest BCUT2D eigenvalue weighted by molar-refractivity contribution is -0.0514. The van der Waals surface area contributed by atoms with Gasteiger partial charge in [0, 0.05) is 6.04 Å². The van der Waals surface area contributed by atoms with Crippen molar-refractivity contribution < 1.29 is 4.74 Å². The van der Waals surface area contributed by atoms with E-state index in [0.717, 1.165) is 0 Å². The summed E-state index contributed by atoms with van der Waals surface area (Å²) in [5.74, 6) is 0. The van der Waals surface area contributed by atoms with Crippen LogP contribution in [0, 0.1) is 5.41 Å². The van der Waals surface area contributed by atoms with Crippen molar-refractivity contribution in [1.29, 1.82) is 0 Å². The number of ether oxygens (including phenoxy) is 1. The zero-order valence-corrected chi connectivity index (χ0v) is 11.2. The Morgan fingerprint density at radius 2 is 1.88 bits per heavy atom. The first-order valence-electron chi connectivity index (χ1n) is 7.53. The van der Waals surface area contributed by atoms with Gasteiger partial charge >= 0.3 is 0 Å². The summed E-state index contributed by atoms with van der Waals surface area (Å²) in [5, 5.41) is 0. The SMILES string of the molecule is CC1(CC2CCC3(CCCC3)O2)CCC(N)C1. The van der Waals surface area contributed by atoms with Gasteiger partial charge in [-0.25, -0.2) is 0 Å². The lowest BCUT2D eigenvalue weighted by atomic mass is 9.82. The maximum atomic E-state index is 6.43. The van der Waals surface area contributed by atoms with Crippen molar-refractivity contribution in [2.45, 2.75) is 88.9 Å². The van der Waals surface area contributed by atoms with Crippen LogP contribution in [-0.2, 0) is 4.74 Å². The molecule has 0 bridgehead atoms. The zero-order chi connectivity index (χ0) is 11.9. The Labute approximate surface area is 105 Å². The molecular weight excluding hydrogens is 210 g/mol. The van der Waals surface area contributed by atoms with Crippen molar-refractivity contribution in [2.24, 2.45) is 11.1 Å². The van der Waals surface area contributed by atoms with Crippen LogP contribution in [0.25, 0.3) is 0 Å². The van der Waals surface area contributed by atoms with Gasteiger partial charge in [0.25, 0.3) is 0 Å². The van der Waals surface area contributed by atoms with E-state index in [4.69, 9.17) is 10.5 Å². The predicted molar refractivity (Wildman–Crippen MR) is 69.9 cm³/mol. The molecule has 0 radical (unpaired) electrons. The molecule has 3 aliphatic rings. The molecule has 2 aliphatic carbocycles. The Kier molecular flexibility index (Phi) is 2.99. The molecule has 98 valence electrons. The Hall–Kier alpha value is -0.0800. The van der Waals surface area contributed by atoms with Gasteiger partial charge in [0.2, 0.25) is 0 Å². The molecule has 2 heteroatoms. The van der Waals surface area contributed by atoms with Gasteiger partial charge in [0.15, 0.2) is 0 Å². The molecule has 1 heterocycles. The molecule has 0 amide bonds. The number of hydrogen-bond acceptors (Lipinski definition) is 2. The molecule has 2 saturated carbocycles. The Morgan fingerprint density at radius 1 is 1.12 bits per heavy atom. The van der Waals surface area contributed by atoms with Gasteiger partial charge in [-0.1, -0.05) is 19.8 Å². The second-order valence-electron chi connectivity index (χ2n) is 7.19. The predicted octanol–water partition coefficient (Wildman–Crippen LogP) is 3.39. The van der Waals surface area contributed by atoms with E-state index in [1.165, 1.54) is 64.2 Å². The van der Waals surface area contributed by atoms with Crippen molar-refractivity contribution in [3.8, 4) is 0 Å². The molecule has 17 heavy (non-hydrogen) atoms. The van der Waals surface area contributed by atoms with Gasteiger partial charge in [0.05, 0.1) is 11.7 Å². The summed E-state index contributed by atoms with van der Waals surface area (Å²) in [7, 11) is 0. The molecule has 1 saturated heterocycles. The molecule has 3 unspecified atom stereocenters. The van der Waals surface area contributed by atoms with Crippen molar-refractivity contribution >= 4 is 0 Å². The third kappa shape index (κ3) is 2.39. The van der Waals surface area contributed by atoms with Gasteiger partial charge in [0.1, 0.15) is 0 Å². The second kappa shape index (κ2) is 4.24. The summed E-state index contributed by atoms with van der Waals surface area (Å²) < 4.78 is 6.43. The smallest absolute Gasteiger partial charge is 0.0687 e. The minimum Gasteiger partial charge on any atom is -0.372 e. The molecule has 0 aromatic heterocycles. The second-order valence-corrected chi connectivity index (χ2v) is 7.19. The normalized spacial score (nSPS) is 44.8. The third-order valence-corrected chi connectivity index (χ3v) is 5.45. The maximum Gasteiger partial charge on any atom is 0.0687 e. The first-order chi connectivity index (χ1) is 8.09. The fourth-order valence-corrected chi connectivity index (χ4v) is 4.53. The molecular formula is C15H27NO. The van der Waals surface area contributed by atoms with E-state index in [1.807, 2.05) is 0 Å². The summed E-state index contributed by atoms with van der Waals surface area (Å²) in [5.41, 5.74) is 6.83. The molecule has 0 aromatic rings. The topological polar surface area (TPSA) is 35.2 Å². The lowest BCUT2D eigenvalue weighted by Gasteiger charge is -2.29. The van der Waals surface area contributed by atoms with E-state index in [-0.39, 0.29) is 0 Å². The molecule has 3 rings (SSSR count). The highest BCUT2D eigenvalue weighted by Crippen LogP contribution is 2.48. The summed E-state index contributed by atoms with van der Waals surface area (Å²) in [6, 6.07) is 0.446. The van der Waals surface area contributed by atoms with Crippen LogP contribution in [-0.4, -0.2) is 17.7 Å². The number of hydrogen-bond donors (Lipinski definition) is 1. The highest BCUT2D eigenvalue weighted by atomic mass is 16.5. The largest absolute Gasteiger partial charge is 0.372 e. The Morgan fingerprint density at radius 3 is 2.53 bits per heavy atom. The summed E-state index contributed by atoms with van der Waals surface area (Å²) in [4.78, 5) is 0. The van der Waals surface area contributed by atoms with Crippen molar-refractivity contribution in [1.82, 2.24) is 0 Å². The minimum atomic E-state index is 0.307. The summed E-state index contributed by atoms with van der Waals surface area (Å²) in [6.45, 7) is 2.42. The molecule has 1 spiro atoms. The van der Waals surface area contributed by atoms with E-state index in [2.05, 4.69) is 6.92 Å². The van der Waals surface area contributed by atoms with Crippen molar-refractivity contribution in [3.05, 3.63) is 0 Å². The van der Waals surface area contributed by atoms with Crippen LogP contribution in [0.4, 0.5) is 0 Å². The van der Waals surface area contributed by atoms with Gasteiger partial charge in [-0.2, -0.15) is 0 Å². The van der Waals surface area contributed by atoms with Gasteiger partial charge in [-0.3, -0.25) is 0 Å². The summed E-state index contributed by atoms with van der Waals surface area (Å²) in [6.07, 6.45) is 13.5. The minimum absolute atomic E-state index is 0.307.